The molecule has 0 unspecified atom stereocenters. The van der Waals surface area contributed by atoms with E-state index < -0.39 is 21.9 Å². The number of carbonyl (C=O) groups is 2. The van der Waals surface area contributed by atoms with E-state index in [1.54, 1.807) is 42.7 Å². The molecule has 0 radical (unpaired) electrons. The van der Waals surface area contributed by atoms with Gasteiger partial charge in [-0.05, 0) is 23.8 Å². The number of benzene rings is 1. The summed E-state index contributed by atoms with van der Waals surface area (Å²) in [7, 11) is -2.25. The van der Waals surface area contributed by atoms with E-state index >= 15 is 0 Å². The Kier molecular flexibility index (Phi) is 7.03. The number of pyridine rings is 1. The zero-order chi connectivity index (χ0) is 19.9. The molecule has 0 saturated carbocycles. The van der Waals surface area contributed by atoms with Gasteiger partial charge in [-0.15, -0.1) is 0 Å². The Labute approximate surface area is 158 Å². The maximum atomic E-state index is 12.3. The van der Waals surface area contributed by atoms with Crippen LogP contribution in [0, 0.1) is 0 Å². The highest BCUT2D eigenvalue weighted by molar-refractivity contribution is 7.88. The molecular formula is C18H21N3O5S. The molecule has 2 rings (SSSR count). The van der Waals surface area contributed by atoms with E-state index in [4.69, 9.17) is 0 Å². The molecule has 0 fully saturated rings. The molecule has 0 saturated heterocycles. The van der Waals surface area contributed by atoms with E-state index in [9.17, 15) is 18.0 Å². The molecule has 8 nitrogen and oxygen atoms in total. The summed E-state index contributed by atoms with van der Waals surface area (Å²) in [6, 6.07) is 9.92. The molecule has 1 aromatic carbocycles. The Morgan fingerprint density at radius 1 is 1.19 bits per heavy atom. The second-order valence-electron chi connectivity index (χ2n) is 5.79. The van der Waals surface area contributed by atoms with Gasteiger partial charge in [-0.1, -0.05) is 18.2 Å². The maximum Gasteiger partial charge on any atom is 0.339 e. The van der Waals surface area contributed by atoms with E-state index in [1.807, 2.05) is 0 Å². The molecule has 2 aromatic rings. The van der Waals surface area contributed by atoms with Crippen molar-refractivity contribution in [3.63, 3.8) is 0 Å². The number of amides is 1. The normalized spacial score (nSPS) is 11.2. The summed E-state index contributed by atoms with van der Waals surface area (Å²) >= 11 is 0. The number of anilines is 1. The third-order valence-electron chi connectivity index (χ3n) is 3.75. The summed E-state index contributed by atoms with van der Waals surface area (Å²) in [5.74, 6) is -0.980. The highest BCUT2D eigenvalue weighted by atomic mass is 32.2. The van der Waals surface area contributed by atoms with Crippen LogP contribution >= 0.6 is 0 Å². The number of hydrogen-bond acceptors (Lipinski definition) is 6. The van der Waals surface area contributed by atoms with E-state index in [-0.39, 0.29) is 25.1 Å². The number of carbonyl (C=O) groups excluding carboxylic acids is 2. The van der Waals surface area contributed by atoms with Crippen LogP contribution < -0.4 is 5.32 Å². The fourth-order valence-corrected chi connectivity index (χ4v) is 3.18. The van der Waals surface area contributed by atoms with Gasteiger partial charge in [0.05, 0.1) is 24.6 Å². The number of esters is 1. The molecule has 0 aliphatic carbocycles. The second kappa shape index (κ2) is 9.24. The molecule has 1 heterocycles. The fraction of sp³-hybridized carbons (Fsp3) is 0.278. The summed E-state index contributed by atoms with van der Waals surface area (Å²) < 4.78 is 29.9. The lowest BCUT2D eigenvalue weighted by molar-refractivity contribution is -0.116. The van der Waals surface area contributed by atoms with Crippen LogP contribution in [0.2, 0.25) is 0 Å². The first kappa shape index (κ1) is 20.5. The Morgan fingerprint density at radius 2 is 1.93 bits per heavy atom. The highest BCUT2D eigenvalue weighted by Crippen LogP contribution is 2.16. The minimum Gasteiger partial charge on any atom is -0.465 e. The van der Waals surface area contributed by atoms with Crippen molar-refractivity contribution in [2.45, 2.75) is 13.0 Å². The molecular weight excluding hydrogens is 370 g/mol. The molecule has 0 spiro atoms. The summed E-state index contributed by atoms with van der Waals surface area (Å²) in [4.78, 5) is 28.0. The van der Waals surface area contributed by atoms with Crippen molar-refractivity contribution in [1.29, 1.82) is 0 Å². The number of aromatic nitrogens is 1. The zero-order valence-corrected chi connectivity index (χ0v) is 15.9. The van der Waals surface area contributed by atoms with Crippen LogP contribution in [0.15, 0.2) is 48.8 Å². The monoisotopic (exact) mass is 391 g/mol. The van der Waals surface area contributed by atoms with Gasteiger partial charge in [0.2, 0.25) is 15.9 Å². The van der Waals surface area contributed by atoms with Crippen LogP contribution in [0.25, 0.3) is 0 Å². The predicted octanol–water partition coefficient (Wildman–Crippen LogP) is 1.66. The molecule has 1 aromatic heterocycles. The molecule has 27 heavy (non-hydrogen) atoms. The molecule has 1 amide bonds. The van der Waals surface area contributed by atoms with Crippen LogP contribution in [0.4, 0.5) is 5.69 Å². The average Bonchev–Trinajstić information content (AvgIpc) is 2.65. The number of nitrogens with zero attached hydrogens (tertiary/aromatic N) is 2. The standard InChI is InChI=1S/C18H21N3O5S/c1-26-18(23)15-7-3-4-8-16(15)20-17(22)9-11-21(27(2,24)25)13-14-6-5-10-19-12-14/h3-8,10,12H,9,11,13H2,1-2H3,(H,20,22). The molecule has 0 aliphatic rings. The van der Waals surface area contributed by atoms with Gasteiger partial charge in [0.15, 0.2) is 0 Å². The van der Waals surface area contributed by atoms with Gasteiger partial charge in [-0.2, -0.15) is 4.31 Å². The van der Waals surface area contributed by atoms with Crippen LogP contribution in [0.1, 0.15) is 22.3 Å². The summed E-state index contributed by atoms with van der Waals surface area (Å²) in [5.41, 5.74) is 1.26. The van der Waals surface area contributed by atoms with E-state index in [2.05, 4.69) is 15.0 Å². The highest BCUT2D eigenvalue weighted by Gasteiger charge is 2.19. The van der Waals surface area contributed by atoms with Crippen molar-refractivity contribution in [3.8, 4) is 0 Å². The number of rotatable bonds is 8. The minimum atomic E-state index is -3.51. The summed E-state index contributed by atoms with van der Waals surface area (Å²) in [6.07, 6.45) is 4.20. The lowest BCUT2D eigenvalue weighted by atomic mass is 10.1. The van der Waals surface area contributed by atoms with Gasteiger partial charge in [-0.25, -0.2) is 13.2 Å². The second-order valence-corrected chi connectivity index (χ2v) is 7.78. The number of hydrogen-bond donors (Lipinski definition) is 1. The molecule has 144 valence electrons. The van der Waals surface area contributed by atoms with E-state index in [1.165, 1.54) is 17.5 Å². The van der Waals surface area contributed by atoms with Crippen LogP contribution in [-0.4, -0.2) is 49.5 Å². The van der Waals surface area contributed by atoms with Gasteiger partial charge < -0.3 is 10.1 Å². The molecule has 9 heteroatoms. The third kappa shape index (κ3) is 6.15. The molecule has 0 aliphatic heterocycles. The number of sulfonamides is 1. The maximum absolute atomic E-state index is 12.3. The Bertz CT molecular complexity index is 900. The number of nitrogens with one attached hydrogen (secondary N) is 1. The quantitative estimate of drug-likeness (QED) is 0.686. The third-order valence-corrected chi connectivity index (χ3v) is 5.00. The molecule has 0 bridgehead atoms. The van der Waals surface area contributed by atoms with Crippen LogP contribution in [0.5, 0.6) is 0 Å². The Morgan fingerprint density at radius 3 is 2.56 bits per heavy atom. The van der Waals surface area contributed by atoms with E-state index in [0.29, 0.717) is 5.69 Å². The van der Waals surface area contributed by atoms with Gasteiger partial charge in [0.25, 0.3) is 0 Å². The van der Waals surface area contributed by atoms with Crippen molar-refractivity contribution in [2.24, 2.45) is 0 Å². The Hall–Kier alpha value is -2.78. The van der Waals surface area contributed by atoms with Crippen LogP contribution in [-0.2, 0) is 26.1 Å². The largest absolute Gasteiger partial charge is 0.465 e. The van der Waals surface area contributed by atoms with Gasteiger partial charge in [0.1, 0.15) is 0 Å². The van der Waals surface area contributed by atoms with Gasteiger partial charge in [-0.3, -0.25) is 9.78 Å². The predicted molar refractivity (Wildman–Crippen MR) is 101 cm³/mol. The molecule has 1 N–H and O–H groups in total. The van der Waals surface area contributed by atoms with Gasteiger partial charge >= 0.3 is 5.97 Å². The first-order chi connectivity index (χ1) is 12.8. The first-order valence-electron chi connectivity index (χ1n) is 8.12. The lowest BCUT2D eigenvalue weighted by Crippen LogP contribution is -2.32. The van der Waals surface area contributed by atoms with Crippen molar-refractivity contribution in [3.05, 3.63) is 59.9 Å². The average molecular weight is 391 g/mol. The SMILES string of the molecule is COC(=O)c1ccccc1NC(=O)CCN(Cc1cccnc1)S(C)(=O)=O. The van der Waals surface area contributed by atoms with Crippen LogP contribution in [0.3, 0.4) is 0 Å². The first-order valence-corrected chi connectivity index (χ1v) is 9.97. The van der Waals surface area contributed by atoms with Crippen molar-refractivity contribution < 1.29 is 22.7 Å². The Balaban J connectivity index is 2.03. The summed E-state index contributed by atoms with van der Waals surface area (Å²) in [5, 5.41) is 2.62. The van der Waals surface area contributed by atoms with Gasteiger partial charge in [0, 0.05) is 31.9 Å². The lowest BCUT2D eigenvalue weighted by Gasteiger charge is -2.19. The number of ether oxygens (including phenoxy) is 1. The minimum absolute atomic E-state index is 0.0000476. The van der Waals surface area contributed by atoms with Crippen molar-refractivity contribution >= 4 is 27.6 Å². The number of para-hydroxylation sites is 1. The molecule has 0 atom stereocenters. The smallest absolute Gasteiger partial charge is 0.339 e. The fourth-order valence-electron chi connectivity index (χ4n) is 2.38. The number of methoxy groups -OCH3 is 1. The van der Waals surface area contributed by atoms with E-state index in [0.717, 1.165) is 11.8 Å². The zero-order valence-electron chi connectivity index (χ0n) is 15.1. The van der Waals surface area contributed by atoms with Crippen molar-refractivity contribution in [1.82, 2.24) is 9.29 Å². The summed E-state index contributed by atoms with van der Waals surface area (Å²) in [6.45, 7) is 0.124. The topological polar surface area (TPSA) is 106 Å². The van der Waals surface area contributed by atoms with Crippen molar-refractivity contribution in [2.75, 3.05) is 25.2 Å².